The van der Waals surface area contributed by atoms with E-state index in [0.29, 0.717) is 0 Å². The van der Waals surface area contributed by atoms with Gasteiger partial charge in [0.2, 0.25) is 10.0 Å². The maximum Gasteiger partial charge on any atom is 0.258 e. The highest BCUT2D eigenvalue weighted by Crippen LogP contribution is 2.20. The van der Waals surface area contributed by atoms with Crippen molar-refractivity contribution >= 4 is 21.8 Å². The molecule has 1 aliphatic rings. The number of sulfonamides is 1. The van der Waals surface area contributed by atoms with E-state index in [9.17, 15) is 18.0 Å². The van der Waals surface area contributed by atoms with Crippen molar-refractivity contribution in [2.24, 2.45) is 0 Å². The molecule has 0 fully saturated rings. The van der Waals surface area contributed by atoms with E-state index in [-0.39, 0.29) is 22.1 Å². The van der Waals surface area contributed by atoms with Gasteiger partial charge in [0.15, 0.2) is 0 Å². The zero-order valence-corrected chi connectivity index (χ0v) is 15.6. The average Bonchev–Trinajstić information content (AvgIpc) is 2.85. The summed E-state index contributed by atoms with van der Waals surface area (Å²) in [6, 6.07) is 3.75. The minimum Gasteiger partial charge on any atom is -0.304 e. The van der Waals surface area contributed by atoms with Crippen molar-refractivity contribution in [3.05, 3.63) is 29.3 Å². The van der Waals surface area contributed by atoms with E-state index in [0.717, 1.165) is 32.5 Å². The summed E-state index contributed by atoms with van der Waals surface area (Å²) in [6.45, 7) is 8.91. The van der Waals surface area contributed by atoms with Crippen LogP contribution in [0, 0.1) is 0 Å². The van der Waals surface area contributed by atoms with Crippen LogP contribution in [0.15, 0.2) is 23.1 Å². The van der Waals surface area contributed by atoms with Crippen LogP contribution in [0.5, 0.6) is 0 Å². The molecule has 0 bridgehead atoms. The highest BCUT2D eigenvalue weighted by atomic mass is 32.2. The molecule has 1 aliphatic heterocycles. The first-order valence-corrected chi connectivity index (χ1v) is 10.0. The van der Waals surface area contributed by atoms with E-state index in [1.54, 1.807) is 0 Å². The van der Waals surface area contributed by atoms with Crippen molar-refractivity contribution in [1.29, 1.82) is 0 Å². The Hall–Kier alpha value is -1.77. The number of hydrogen-bond acceptors (Lipinski definition) is 5. The smallest absolute Gasteiger partial charge is 0.258 e. The minimum atomic E-state index is -3.74. The lowest BCUT2D eigenvalue weighted by molar-refractivity contribution is 0.0879. The molecule has 138 valence electrons. The SMILES string of the molecule is CCN(CC)CCCC(C)NS(=O)(=O)c1ccc2c(c1)C(=O)NC2=O. The molecular formula is C17H25N3O4S. The van der Waals surface area contributed by atoms with E-state index in [1.165, 1.54) is 18.2 Å². The first kappa shape index (κ1) is 19.6. The maximum absolute atomic E-state index is 12.5. The lowest BCUT2D eigenvalue weighted by Gasteiger charge is -2.19. The van der Waals surface area contributed by atoms with Crippen LogP contribution in [0.1, 0.15) is 54.3 Å². The second kappa shape index (κ2) is 8.07. The highest BCUT2D eigenvalue weighted by Gasteiger charge is 2.29. The Kier molecular flexibility index (Phi) is 6.31. The molecule has 0 spiro atoms. The fraction of sp³-hybridized carbons (Fsp3) is 0.529. The molecule has 7 nitrogen and oxygen atoms in total. The quantitative estimate of drug-likeness (QED) is 0.643. The van der Waals surface area contributed by atoms with Gasteiger partial charge >= 0.3 is 0 Å². The van der Waals surface area contributed by atoms with Crippen LogP contribution < -0.4 is 10.0 Å². The van der Waals surface area contributed by atoms with Crippen molar-refractivity contribution in [2.45, 2.75) is 44.6 Å². The Morgan fingerprint density at radius 2 is 1.76 bits per heavy atom. The number of nitrogens with zero attached hydrogens (tertiary/aromatic N) is 1. The van der Waals surface area contributed by atoms with Crippen molar-refractivity contribution in [3.63, 3.8) is 0 Å². The van der Waals surface area contributed by atoms with Crippen LogP contribution in [0.4, 0.5) is 0 Å². The van der Waals surface area contributed by atoms with Gasteiger partial charge in [0.05, 0.1) is 16.0 Å². The number of rotatable bonds is 9. The number of carbonyl (C=O) groups excluding carboxylic acids is 2. The predicted octanol–water partition coefficient (Wildman–Crippen LogP) is 1.36. The summed E-state index contributed by atoms with van der Waals surface area (Å²) in [4.78, 5) is 25.5. The van der Waals surface area contributed by atoms with Gasteiger partial charge in [-0.2, -0.15) is 0 Å². The Morgan fingerprint density at radius 1 is 1.12 bits per heavy atom. The summed E-state index contributed by atoms with van der Waals surface area (Å²) in [7, 11) is -3.74. The Bertz CT molecular complexity index is 757. The van der Waals surface area contributed by atoms with Crippen LogP contribution >= 0.6 is 0 Å². The van der Waals surface area contributed by atoms with Crippen LogP contribution in [0.25, 0.3) is 0 Å². The number of fused-ring (bicyclic) bond motifs is 1. The molecule has 0 radical (unpaired) electrons. The van der Waals surface area contributed by atoms with Crippen molar-refractivity contribution < 1.29 is 18.0 Å². The Balaban J connectivity index is 2.01. The topological polar surface area (TPSA) is 95.6 Å². The molecule has 1 aromatic carbocycles. The molecule has 2 amide bonds. The molecule has 1 aromatic rings. The van der Waals surface area contributed by atoms with E-state index in [2.05, 4.69) is 28.8 Å². The van der Waals surface area contributed by atoms with Crippen molar-refractivity contribution in [3.8, 4) is 0 Å². The summed E-state index contributed by atoms with van der Waals surface area (Å²) in [5, 5.41) is 2.15. The van der Waals surface area contributed by atoms with Crippen molar-refractivity contribution in [2.75, 3.05) is 19.6 Å². The number of carbonyl (C=O) groups is 2. The third-order valence-electron chi connectivity index (χ3n) is 4.38. The molecule has 0 saturated carbocycles. The number of nitrogens with one attached hydrogen (secondary N) is 2. The minimum absolute atomic E-state index is 0.00769. The summed E-state index contributed by atoms with van der Waals surface area (Å²) in [6.07, 6.45) is 1.62. The first-order valence-electron chi connectivity index (χ1n) is 8.53. The normalized spacial score (nSPS) is 15.4. The second-order valence-corrected chi connectivity index (χ2v) is 7.90. The number of benzene rings is 1. The summed E-state index contributed by atoms with van der Waals surface area (Å²) in [5.41, 5.74) is 0.304. The third kappa shape index (κ3) is 4.65. The molecule has 1 unspecified atom stereocenters. The molecule has 8 heteroatoms. The highest BCUT2D eigenvalue weighted by molar-refractivity contribution is 7.89. The molecule has 0 saturated heterocycles. The van der Waals surface area contributed by atoms with E-state index >= 15 is 0 Å². The molecule has 2 rings (SSSR count). The van der Waals surface area contributed by atoms with E-state index in [4.69, 9.17) is 0 Å². The van der Waals surface area contributed by atoms with Gasteiger partial charge in [-0.1, -0.05) is 13.8 Å². The summed E-state index contributed by atoms with van der Waals surface area (Å²) < 4.78 is 27.6. The van der Waals surface area contributed by atoms with Gasteiger partial charge in [-0.05, 0) is 57.6 Å². The zero-order chi connectivity index (χ0) is 18.6. The Labute approximate surface area is 148 Å². The monoisotopic (exact) mass is 367 g/mol. The van der Waals surface area contributed by atoms with Crippen LogP contribution in [-0.4, -0.2) is 50.8 Å². The van der Waals surface area contributed by atoms with Gasteiger partial charge in [-0.25, -0.2) is 13.1 Å². The van der Waals surface area contributed by atoms with Gasteiger partial charge in [0.25, 0.3) is 11.8 Å². The molecule has 1 atom stereocenters. The van der Waals surface area contributed by atoms with Crippen molar-refractivity contribution in [1.82, 2.24) is 14.9 Å². The largest absolute Gasteiger partial charge is 0.304 e. The standard InChI is InChI=1S/C17H25N3O4S/c1-4-20(5-2)10-6-7-12(3)19-25(23,24)13-8-9-14-15(11-13)17(22)18-16(14)21/h8-9,11-12,19H,4-7,10H2,1-3H3,(H,18,21,22). The molecule has 1 heterocycles. The summed E-state index contributed by atoms with van der Waals surface area (Å²) >= 11 is 0. The number of hydrogen-bond donors (Lipinski definition) is 2. The number of imide groups is 1. The van der Waals surface area contributed by atoms with Crippen LogP contribution in [0.2, 0.25) is 0 Å². The van der Waals surface area contributed by atoms with Gasteiger partial charge in [0, 0.05) is 6.04 Å². The lowest BCUT2D eigenvalue weighted by Crippen LogP contribution is -2.33. The zero-order valence-electron chi connectivity index (χ0n) is 14.8. The molecule has 2 N–H and O–H groups in total. The average molecular weight is 367 g/mol. The predicted molar refractivity (Wildman–Crippen MR) is 95.0 cm³/mol. The Morgan fingerprint density at radius 3 is 2.40 bits per heavy atom. The summed E-state index contributed by atoms with van der Waals surface area (Å²) in [5.74, 6) is -1.06. The fourth-order valence-corrected chi connectivity index (χ4v) is 4.17. The first-order chi connectivity index (χ1) is 11.8. The van der Waals surface area contributed by atoms with Gasteiger partial charge < -0.3 is 4.90 Å². The number of amides is 2. The fourth-order valence-electron chi connectivity index (χ4n) is 2.87. The van der Waals surface area contributed by atoms with Gasteiger partial charge in [-0.3, -0.25) is 14.9 Å². The third-order valence-corrected chi connectivity index (χ3v) is 5.97. The second-order valence-electron chi connectivity index (χ2n) is 6.18. The van der Waals surface area contributed by atoms with Crippen LogP contribution in [0.3, 0.4) is 0 Å². The molecule has 0 aliphatic carbocycles. The molecule has 25 heavy (non-hydrogen) atoms. The maximum atomic E-state index is 12.5. The van der Waals surface area contributed by atoms with E-state index in [1.807, 2.05) is 6.92 Å². The molecule has 0 aromatic heterocycles. The molecular weight excluding hydrogens is 342 g/mol. The van der Waals surface area contributed by atoms with E-state index < -0.39 is 21.8 Å². The van der Waals surface area contributed by atoms with Gasteiger partial charge in [0.1, 0.15) is 0 Å². The van der Waals surface area contributed by atoms with Gasteiger partial charge in [-0.15, -0.1) is 0 Å². The lowest BCUT2D eigenvalue weighted by atomic mass is 10.1. The van der Waals surface area contributed by atoms with Crippen LogP contribution in [-0.2, 0) is 10.0 Å².